The second kappa shape index (κ2) is 26.7. The van der Waals surface area contributed by atoms with Crippen LogP contribution >= 0.6 is 0 Å². The molecule has 292 valence electrons. The van der Waals surface area contributed by atoms with Crippen molar-refractivity contribution in [2.45, 2.75) is 217 Å². The molecule has 3 heterocycles. The van der Waals surface area contributed by atoms with Crippen LogP contribution in [0.5, 0.6) is 0 Å². The molecular formula is C41H74O9. The third-order valence-corrected chi connectivity index (χ3v) is 10.7. The van der Waals surface area contributed by atoms with Crippen molar-refractivity contribution in [3.8, 4) is 0 Å². The largest absolute Gasteiger partial charge is 0.455 e. The summed E-state index contributed by atoms with van der Waals surface area (Å²) in [5, 5.41) is 10.3. The molecule has 9 heteroatoms. The minimum atomic E-state index is -0.473. The summed E-state index contributed by atoms with van der Waals surface area (Å²) in [6, 6.07) is 0. The van der Waals surface area contributed by atoms with Crippen LogP contribution in [0.1, 0.15) is 168 Å². The van der Waals surface area contributed by atoms with Crippen LogP contribution in [0.3, 0.4) is 0 Å². The number of esters is 1. The fourth-order valence-electron chi connectivity index (χ4n) is 7.92. The van der Waals surface area contributed by atoms with E-state index in [0.717, 1.165) is 83.5 Å². The minimum Gasteiger partial charge on any atom is -0.455 e. The van der Waals surface area contributed by atoms with E-state index in [1.807, 2.05) is 13.0 Å². The first-order valence-corrected chi connectivity index (χ1v) is 20.5. The van der Waals surface area contributed by atoms with Gasteiger partial charge in [-0.05, 0) is 70.8 Å². The second-order valence-electron chi connectivity index (χ2n) is 15.2. The van der Waals surface area contributed by atoms with Gasteiger partial charge in [0, 0.05) is 26.2 Å². The zero-order chi connectivity index (χ0) is 35.8. The number of hydrogen-bond acceptors (Lipinski definition) is 9. The molecule has 0 radical (unpaired) electrons. The third-order valence-electron chi connectivity index (χ3n) is 10.7. The van der Waals surface area contributed by atoms with E-state index in [0.29, 0.717) is 25.6 Å². The second-order valence-corrected chi connectivity index (χ2v) is 15.2. The SMILES string of the molecule is CCCCCCCCCC[C@H](C[C@H]1CC[C@H]([C@H]2CC[C@H](C[C@@H](CCCCCCCC[C@H](O)CC3=C[C@@H](C)OC3=O)OCOC)O2)O1)OCOC. The molecular weight excluding hydrogens is 636 g/mol. The van der Waals surface area contributed by atoms with E-state index in [1.54, 1.807) is 14.2 Å². The molecule has 9 nitrogen and oxygen atoms in total. The molecule has 0 spiro atoms. The molecule has 3 aliphatic heterocycles. The number of aliphatic hydroxyl groups excluding tert-OH is 1. The molecule has 0 aromatic heterocycles. The molecule has 0 aliphatic carbocycles. The van der Waals surface area contributed by atoms with E-state index in [1.165, 1.54) is 64.2 Å². The van der Waals surface area contributed by atoms with Gasteiger partial charge in [-0.3, -0.25) is 0 Å². The Hall–Kier alpha value is -1.07. The standard InChI is InChI=1S/C41H74O9/c1-5-6-7-8-9-10-14-17-20-35(46-30-44-3)28-37-22-24-39(49-37)40-25-23-38(50-40)29-36(47-31-45-4)21-18-15-12-11-13-16-19-34(42)27-33-26-32(2)48-41(33)43/h26,32,34-40,42H,5-25,27-31H2,1-4H3/t32-,34+,35-,36-,37-,38-,39-,40-/m1/s1. The van der Waals surface area contributed by atoms with Crippen LogP contribution in [0.15, 0.2) is 11.6 Å². The number of unbranched alkanes of at least 4 members (excludes halogenated alkanes) is 12. The molecule has 0 unspecified atom stereocenters. The average Bonchev–Trinajstić information content (AvgIpc) is 3.84. The normalized spacial score (nSPS) is 25.6. The number of rotatable bonds is 31. The highest BCUT2D eigenvalue weighted by Crippen LogP contribution is 2.35. The fraction of sp³-hybridized carbons (Fsp3) is 0.927. The Morgan fingerprint density at radius 1 is 0.700 bits per heavy atom. The summed E-state index contributed by atoms with van der Waals surface area (Å²) in [6.07, 6.45) is 28.9. The molecule has 0 aromatic carbocycles. The van der Waals surface area contributed by atoms with E-state index in [4.69, 9.17) is 33.2 Å². The Balaban J connectivity index is 1.26. The number of methoxy groups -OCH3 is 2. The van der Waals surface area contributed by atoms with Crippen molar-refractivity contribution in [3.05, 3.63) is 11.6 Å². The van der Waals surface area contributed by atoms with Gasteiger partial charge < -0.3 is 38.3 Å². The molecule has 0 bridgehead atoms. The van der Waals surface area contributed by atoms with Gasteiger partial charge in [-0.25, -0.2) is 4.79 Å². The molecule has 3 rings (SSSR count). The molecule has 2 saturated heterocycles. The van der Waals surface area contributed by atoms with Crippen LogP contribution in [0, 0.1) is 0 Å². The van der Waals surface area contributed by atoms with Gasteiger partial charge >= 0.3 is 5.97 Å². The Kier molecular flexibility index (Phi) is 23.1. The van der Waals surface area contributed by atoms with E-state index in [9.17, 15) is 9.90 Å². The van der Waals surface area contributed by atoms with Gasteiger partial charge in [0.2, 0.25) is 0 Å². The van der Waals surface area contributed by atoms with Crippen LogP contribution in [0.2, 0.25) is 0 Å². The lowest BCUT2D eigenvalue weighted by atomic mass is 10.00. The molecule has 3 aliphatic rings. The molecule has 50 heavy (non-hydrogen) atoms. The van der Waals surface area contributed by atoms with E-state index in [-0.39, 0.29) is 48.7 Å². The number of cyclic esters (lactones) is 1. The molecule has 0 aromatic rings. The predicted octanol–water partition coefficient (Wildman–Crippen LogP) is 9.11. The Morgan fingerprint density at radius 3 is 1.60 bits per heavy atom. The summed E-state index contributed by atoms with van der Waals surface area (Å²) in [7, 11) is 3.38. The maximum atomic E-state index is 11.8. The Labute approximate surface area is 304 Å². The fourth-order valence-corrected chi connectivity index (χ4v) is 7.92. The Morgan fingerprint density at radius 2 is 1.16 bits per heavy atom. The first-order valence-electron chi connectivity index (χ1n) is 20.5. The first kappa shape index (κ1) is 43.3. The predicted molar refractivity (Wildman–Crippen MR) is 197 cm³/mol. The van der Waals surface area contributed by atoms with Crippen LogP contribution in [0.4, 0.5) is 0 Å². The van der Waals surface area contributed by atoms with Crippen molar-refractivity contribution in [2.24, 2.45) is 0 Å². The van der Waals surface area contributed by atoms with Crippen molar-refractivity contribution >= 4 is 5.97 Å². The number of carbonyl (C=O) groups excluding carboxylic acids is 1. The maximum absolute atomic E-state index is 11.8. The van der Waals surface area contributed by atoms with Crippen molar-refractivity contribution in [2.75, 3.05) is 27.8 Å². The number of aliphatic hydroxyl groups is 1. The highest BCUT2D eigenvalue weighted by Gasteiger charge is 2.38. The molecule has 8 atom stereocenters. The Bertz CT molecular complexity index is 897. The van der Waals surface area contributed by atoms with Gasteiger partial charge in [-0.2, -0.15) is 0 Å². The molecule has 1 N–H and O–H groups in total. The quantitative estimate of drug-likeness (QED) is 0.0429. The van der Waals surface area contributed by atoms with Crippen LogP contribution in [-0.4, -0.2) is 87.7 Å². The minimum absolute atomic E-state index is 0.139. The molecule has 0 amide bonds. The lowest BCUT2D eigenvalue weighted by molar-refractivity contribution is -0.139. The third kappa shape index (κ3) is 18.1. The van der Waals surface area contributed by atoms with Crippen LogP contribution in [-0.2, 0) is 38.0 Å². The summed E-state index contributed by atoms with van der Waals surface area (Å²) >= 11 is 0. The van der Waals surface area contributed by atoms with Crippen molar-refractivity contribution in [1.29, 1.82) is 0 Å². The molecule has 2 fully saturated rings. The van der Waals surface area contributed by atoms with Crippen molar-refractivity contribution in [1.82, 2.24) is 0 Å². The summed E-state index contributed by atoms with van der Waals surface area (Å²) in [5.41, 5.74) is 0.617. The van der Waals surface area contributed by atoms with Crippen molar-refractivity contribution in [3.63, 3.8) is 0 Å². The first-order chi connectivity index (χ1) is 24.4. The van der Waals surface area contributed by atoms with Gasteiger partial charge in [0.05, 0.1) is 42.7 Å². The number of carbonyl (C=O) groups is 1. The van der Waals surface area contributed by atoms with Gasteiger partial charge in [-0.15, -0.1) is 0 Å². The highest BCUT2D eigenvalue weighted by molar-refractivity contribution is 5.90. The van der Waals surface area contributed by atoms with Gasteiger partial charge in [-0.1, -0.05) is 96.8 Å². The van der Waals surface area contributed by atoms with Crippen LogP contribution in [0.25, 0.3) is 0 Å². The topological polar surface area (TPSA) is 102 Å². The lowest BCUT2D eigenvalue weighted by Gasteiger charge is -2.25. The van der Waals surface area contributed by atoms with Crippen molar-refractivity contribution < 1.29 is 43.1 Å². The van der Waals surface area contributed by atoms with E-state index >= 15 is 0 Å². The average molecular weight is 711 g/mol. The van der Waals surface area contributed by atoms with Gasteiger partial charge in [0.15, 0.2) is 0 Å². The van der Waals surface area contributed by atoms with Crippen LogP contribution < -0.4 is 0 Å². The van der Waals surface area contributed by atoms with E-state index in [2.05, 4.69) is 6.92 Å². The smallest absolute Gasteiger partial charge is 0.334 e. The zero-order valence-corrected chi connectivity index (χ0v) is 32.3. The van der Waals surface area contributed by atoms with Gasteiger partial charge in [0.1, 0.15) is 19.7 Å². The molecule has 0 saturated carbocycles. The summed E-state index contributed by atoms with van der Waals surface area (Å²) < 4.78 is 41.0. The number of hydrogen-bond donors (Lipinski definition) is 1. The summed E-state index contributed by atoms with van der Waals surface area (Å²) in [6.45, 7) is 4.78. The highest BCUT2D eigenvalue weighted by atomic mass is 16.7. The zero-order valence-electron chi connectivity index (χ0n) is 32.3. The summed E-state index contributed by atoms with van der Waals surface area (Å²) in [4.78, 5) is 11.8. The monoisotopic (exact) mass is 711 g/mol. The number of ether oxygens (including phenoxy) is 7. The summed E-state index contributed by atoms with van der Waals surface area (Å²) in [5.74, 6) is -0.280. The van der Waals surface area contributed by atoms with Gasteiger partial charge in [0.25, 0.3) is 0 Å². The maximum Gasteiger partial charge on any atom is 0.334 e. The lowest BCUT2D eigenvalue weighted by Crippen LogP contribution is -2.29. The van der Waals surface area contributed by atoms with E-state index < -0.39 is 6.10 Å².